The predicted octanol–water partition coefficient (Wildman–Crippen LogP) is 4.91. The van der Waals surface area contributed by atoms with Gasteiger partial charge in [0.2, 0.25) is 0 Å². The molecule has 0 radical (unpaired) electrons. The van der Waals surface area contributed by atoms with Crippen molar-refractivity contribution in [2.45, 2.75) is 65.7 Å². The summed E-state index contributed by atoms with van der Waals surface area (Å²) in [6.45, 7) is 6.19. The van der Waals surface area contributed by atoms with E-state index in [9.17, 15) is 0 Å². The molecule has 0 atom stereocenters. The van der Waals surface area contributed by atoms with Crippen molar-refractivity contribution in [1.29, 1.82) is 0 Å². The molecule has 11 heteroatoms. The Bertz CT molecular complexity index is 427. The van der Waals surface area contributed by atoms with Crippen LogP contribution in [0.15, 0.2) is 30.3 Å². The first-order valence-corrected chi connectivity index (χ1v) is 14.6. The predicted molar refractivity (Wildman–Crippen MR) is 131 cm³/mol. The third-order valence-corrected chi connectivity index (χ3v) is 2.21. The van der Waals surface area contributed by atoms with E-state index < -0.39 is 13.4 Å². The van der Waals surface area contributed by atoms with Gasteiger partial charge in [-0.25, -0.2) is 0 Å². The van der Waals surface area contributed by atoms with Gasteiger partial charge in [0.15, 0.2) is 0 Å². The molecule has 1 aromatic rings. The Morgan fingerprint density at radius 1 is 0.800 bits per heavy atom. The van der Waals surface area contributed by atoms with Crippen molar-refractivity contribution in [3.05, 3.63) is 50.2 Å². The minimum atomic E-state index is -3.81. The summed E-state index contributed by atoms with van der Waals surface area (Å²) in [5.74, 6) is 0.583. The van der Waals surface area contributed by atoms with E-state index in [1.165, 1.54) is 38.5 Å². The van der Waals surface area contributed by atoms with E-state index in [-0.39, 0.29) is 19.5 Å². The fourth-order valence-corrected chi connectivity index (χ4v) is 1.30. The second-order valence-electron chi connectivity index (χ2n) is 6.12. The molecular weight excluding hydrogens is 516 g/mol. The second kappa shape index (κ2) is 29.9. The molecule has 0 aliphatic carbocycles. The molecule has 0 amide bonds. The first-order chi connectivity index (χ1) is 13.1. The van der Waals surface area contributed by atoms with Crippen LogP contribution in [0.4, 0.5) is 0 Å². The number of unbranched alkanes of at least 4 members (excludes halogenated alkanes) is 6. The fourth-order valence-electron chi connectivity index (χ4n) is 1.30. The number of benzene rings is 1. The fraction of sp³-hybridized carbons (Fsp3) is 0.579. The standard InChI is InChI=1S/C9H19.C6H5.C4H9.2H3O3PS.Zn/c1-3-5-7-9-8-6-4-2;1-2-4-6-5-3-1;1-4(2)3;2*1-4(2,3)5;/h1,3-9H2,2H3;1-5H;4H,1H2,2-3H3;2*(H3,1,2,3,5);/q3*-1;;;. The van der Waals surface area contributed by atoms with Crippen LogP contribution in [-0.4, -0.2) is 29.4 Å². The Balaban J connectivity index is -0.0000000889. The first kappa shape index (κ1) is 41.2. The van der Waals surface area contributed by atoms with Crippen LogP contribution in [0.2, 0.25) is 0 Å². The van der Waals surface area contributed by atoms with Crippen LogP contribution < -0.4 is 0 Å². The Morgan fingerprint density at radius 2 is 1.10 bits per heavy atom. The molecule has 0 aromatic heterocycles. The van der Waals surface area contributed by atoms with Crippen LogP contribution in [0.5, 0.6) is 0 Å². The van der Waals surface area contributed by atoms with Gasteiger partial charge in [-0.15, -0.1) is 0 Å². The van der Waals surface area contributed by atoms with Crippen LogP contribution in [0, 0.1) is 25.8 Å². The van der Waals surface area contributed by atoms with E-state index in [0.29, 0.717) is 5.92 Å². The Labute approximate surface area is 207 Å². The molecule has 0 bridgehead atoms. The molecule has 0 saturated carbocycles. The summed E-state index contributed by atoms with van der Waals surface area (Å²) in [5.41, 5.74) is 0. The Kier molecular flexibility index (Phi) is 41.1. The van der Waals surface area contributed by atoms with Crippen molar-refractivity contribution in [2.24, 2.45) is 5.92 Å². The van der Waals surface area contributed by atoms with Gasteiger partial charge in [0, 0.05) is 19.5 Å². The summed E-state index contributed by atoms with van der Waals surface area (Å²) in [6.07, 6.45) is 9.45. The molecule has 1 aromatic carbocycles. The molecule has 0 spiro atoms. The quantitative estimate of drug-likeness (QED) is 0.127. The molecule has 0 unspecified atom stereocenters. The van der Waals surface area contributed by atoms with Crippen LogP contribution in [0.1, 0.15) is 65.7 Å². The smallest absolute Gasteiger partial charge is 0.319 e. The average Bonchev–Trinajstić information content (AvgIpc) is 2.53. The Hall–Kier alpha value is 0.903. The zero-order valence-corrected chi connectivity index (χ0v) is 24.8. The van der Waals surface area contributed by atoms with Crippen LogP contribution in [-0.2, 0) is 43.1 Å². The minimum absolute atomic E-state index is 0. The summed E-state index contributed by atoms with van der Waals surface area (Å²) >= 11 is 7.21. The van der Waals surface area contributed by atoms with Gasteiger partial charge in [-0.2, -0.15) is 48.7 Å². The molecule has 0 heterocycles. The summed E-state index contributed by atoms with van der Waals surface area (Å²) < 4.78 is 0. The van der Waals surface area contributed by atoms with Crippen LogP contribution in [0.3, 0.4) is 0 Å². The Morgan fingerprint density at radius 3 is 1.30 bits per heavy atom. The van der Waals surface area contributed by atoms with Gasteiger partial charge in [0.05, 0.1) is 0 Å². The monoisotopic (exact) mass is 553 g/mol. The number of hydrogen-bond donors (Lipinski definition) is 6. The summed E-state index contributed by atoms with van der Waals surface area (Å²) in [6, 6.07) is 12.5. The molecule has 178 valence electrons. The molecule has 30 heavy (non-hydrogen) atoms. The minimum Gasteiger partial charge on any atom is -0.343 e. The SMILES string of the molecule is OP(O)(O)=S.OP(O)(O)=S.[CH2-]C(C)C.[CH2-]CCCCCCCC.[Zn].[c-]1ccccc1. The van der Waals surface area contributed by atoms with Crippen molar-refractivity contribution < 1.29 is 48.8 Å². The van der Waals surface area contributed by atoms with Gasteiger partial charge in [-0.3, -0.25) is 0 Å². The third kappa shape index (κ3) is 135. The van der Waals surface area contributed by atoms with E-state index in [1.807, 2.05) is 30.3 Å². The van der Waals surface area contributed by atoms with Crippen molar-refractivity contribution in [3.8, 4) is 0 Å². The van der Waals surface area contributed by atoms with Crippen LogP contribution >= 0.6 is 13.4 Å². The molecule has 6 N–H and O–H groups in total. The molecule has 0 aliphatic rings. The van der Waals surface area contributed by atoms with Gasteiger partial charge in [0.1, 0.15) is 0 Å². The molecule has 0 fully saturated rings. The van der Waals surface area contributed by atoms with Gasteiger partial charge >= 0.3 is 13.4 Å². The summed E-state index contributed by atoms with van der Waals surface area (Å²) in [7, 11) is 0. The van der Waals surface area contributed by atoms with E-state index in [2.05, 4.69) is 64.3 Å². The maximum absolute atomic E-state index is 7.56. The number of hydrogen-bond acceptors (Lipinski definition) is 2. The van der Waals surface area contributed by atoms with Gasteiger partial charge in [0.25, 0.3) is 0 Å². The normalized spacial score (nSPS) is 9.73. The second-order valence-corrected chi connectivity index (χ2v) is 11.1. The largest absolute Gasteiger partial charge is 0.343 e. The van der Waals surface area contributed by atoms with Gasteiger partial charge in [-0.1, -0.05) is 59.3 Å². The molecule has 0 saturated heterocycles. The van der Waals surface area contributed by atoms with Gasteiger partial charge in [-0.05, 0) is 23.6 Å². The van der Waals surface area contributed by atoms with E-state index in [0.717, 1.165) is 6.42 Å². The maximum Gasteiger partial charge on any atom is 0.319 e. The molecule has 6 nitrogen and oxygen atoms in total. The maximum atomic E-state index is 7.56. The van der Waals surface area contributed by atoms with Crippen LogP contribution in [0.25, 0.3) is 0 Å². The van der Waals surface area contributed by atoms with Crippen molar-refractivity contribution in [3.63, 3.8) is 0 Å². The van der Waals surface area contributed by atoms with E-state index in [1.54, 1.807) is 0 Å². The number of rotatable bonds is 6. The third-order valence-electron chi connectivity index (χ3n) is 2.21. The van der Waals surface area contributed by atoms with Crippen molar-refractivity contribution in [1.82, 2.24) is 0 Å². The zero-order chi connectivity index (χ0) is 23.8. The summed E-state index contributed by atoms with van der Waals surface area (Å²) in [4.78, 5) is 45.3. The van der Waals surface area contributed by atoms with Crippen molar-refractivity contribution in [2.75, 3.05) is 0 Å². The summed E-state index contributed by atoms with van der Waals surface area (Å²) in [5, 5.41) is 0. The van der Waals surface area contributed by atoms with E-state index in [4.69, 9.17) is 29.4 Å². The molecule has 1 rings (SSSR count). The zero-order valence-electron chi connectivity index (χ0n) is 18.4. The molecular formula is C19H39O6P2S2Zn-3. The first-order valence-electron chi connectivity index (χ1n) is 9.25. The van der Waals surface area contributed by atoms with E-state index >= 15 is 0 Å². The average molecular weight is 555 g/mol. The molecule has 0 aliphatic heterocycles. The van der Waals surface area contributed by atoms with Gasteiger partial charge < -0.3 is 43.2 Å². The topological polar surface area (TPSA) is 121 Å². The van der Waals surface area contributed by atoms with Crippen molar-refractivity contribution >= 4 is 37.1 Å².